The fraction of sp³-hybridized carbons (Fsp3) is 0.133. The minimum atomic E-state index is -0.584. The Bertz CT molecular complexity index is 738. The zero-order chi connectivity index (χ0) is 14.3. The molecule has 5 heteroatoms. The van der Waals surface area contributed by atoms with Crippen LogP contribution in [0.25, 0.3) is 0 Å². The molecule has 0 spiro atoms. The number of hydrogen-bond donors (Lipinski definition) is 1. The van der Waals surface area contributed by atoms with E-state index < -0.39 is 11.9 Å². The quantitative estimate of drug-likeness (QED) is 0.664. The minimum absolute atomic E-state index is 0.325. The van der Waals surface area contributed by atoms with Crippen LogP contribution in [-0.2, 0) is 11.2 Å². The Hall–Kier alpha value is -2.69. The van der Waals surface area contributed by atoms with E-state index in [1.165, 1.54) is 0 Å². The average Bonchev–Trinajstić information content (AvgIpc) is 2.68. The lowest BCUT2D eigenvalue weighted by Gasteiger charge is -2.07. The third-order valence-corrected chi connectivity index (χ3v) is 3.34. The summed E-state index contributed by atoms with van der Waals surface area (Å²) >= 11 is 0. The van der Waals surface area contributed by atoms with Crippen molar-refractivity contribution in [2.45, 2.75) is 13.3 Å². The summed E-state index contributed by atoms with van der Waals surface area (Å²) in [5.41, 5.74) is 9.26. The number of nitrogens with two attached hydrogens (primary N) is 1. The van der Waals surface area contributed by atoms with Gasteiger partial charge in [-0.3, -0.25) is 0 Å². The van der Waals surface area contributed by atoms with Gasteiger partial charge in [0.2, 0.25) is 0 Å². The Kier molecular flexibility index (Phi) is 2.75. The first kappa shape index (κ1) is 12.3. The van der Waals surface area contributed by atoms with Crippen LogP contribution in [0.3, 0.4) is 0 Å². The predicted molar refractivity (Wildman–Crippen MR) is 72.4 cm³/mol. The molecule has 2 aromatic rings. The highest BCUT2D eigenvalue weighted by Gasteiger charge is 2.29. The van der Waals surface area contributed by atoms with Crippen LogP contribution in [0.5, 0.6) is 0 Å². The molecule has 0 aliphatic carbocycles. The van der Waals surface area contributed by atoms with Crippen LogP contribution < -0.4 is 5.73 Å². The number of pyridine rings is 1. The van der Waals surface area contributed by atoms with Crippen LogP contribution in [0.4, 0.5) is 5.82 Å². The first-order chi connectivity index (χ1) is 9.54. The number of hydrogen-bond acceptors (Lipinski definition) is 5. The van der Waals surface area contributed by atoms with Gasteiger partial charge in [0.1, 0.15) is 5.82 Å². The molecular formula is C15H12N2O3. The molecule has 0 bridgehead atoms. The number of ether oxygens (including phenoxy) is 1. The molecule has 0 atom stereocenters. The Labute approximate surface area is 115 Å². The fourth-order valence-corrected chi connectivity index (χ4v) is 2.25. The molecule has 1 aromatic carbocycles. The highest BCUT2D eigenvalue weighted by atomic mass is 16.6. The largest absolute Gasteiger partial charge is 0.386 e. The maximum absolute atomic E-state index is 11.5. The van der Waals surface area contributed by atoms with Crippen molar-refractivity contribution in [3.63, 3.8) is 0 Å². The van der Waals surface area contributed by atoms with Crippen LogP contribution in [0.2, 0.25) is 0 Å². The van der Waals surface area contributed by atoms with Gasteiger partial charge in [0.05, 0.1) is 11.1 Å². The van der Waals surface area contributed by atoms with Gasteiger partial charge in [-0.15, -0.1) is 0 Å². The smallest absolute Gasteiger partial charge is 0.346 e. The highest BCUT2D eigenvalue weighted by Crippen LogP contribution is 2.23. The molecule has 0 unspecified atom stereocenters. The van der Waals surface area contributed by atoms with E-state index in [1.807, 2.05) is 13.0 Å². The van der Waals surface area contributed by atoms with E-state index in [-0.39, 0.29) is 0 Å². The topological polar surface area (TPSA) is 82.3 Å². The molecule has 0 radical (unpaired) electrons. The number of carbonyl (C=O) groups is 2. The first-order valence-corrected chi connectivity index (χ1v) is 6.15. The van der Waals surface area contributed by atoms with Crippen LogP contribution in [-0.4, -0.2) is 16.9 Å². The maximum atomic E-state index is 11.5. The van der Waals surface area contributed by atoms with E-state index in [9.17, 15) is 9.59 Å². The predicted octanol–water partition coefficient (Wildman–Crippen LogP) is 1.87. The highest BCUT2D eigenvalue weighted by molar-refractivity contribution is 6.14. The second-order valence-corrected chi connectivity index (χ2v) is 4.77. The minimum Gasteiger partial charge on any atom is -0.386 e. The summed E-state index contributed by atoms with van der Waals surface area (Å²) in [6.45, 7) is 1.96. The van der Waals surface area contributed by atoms with Crippen molar-refractivity contribution >= 4 is 17.8 Å². The Morgan fingerprint density at radius 3 is 2.65 bits per heavy atom. The third-order valence-electron chi connectivity index (χ3n) is 3.34. The Morgan fingerprint density at radius 2 is 1.90 bits per heavy atom. The van der Waals surface area contributed by atoms with Crippen molar-refractivity contribution in [3.05, 3.63) is 58.3 Å². The molecular weight excluding hydrogens is 256 g/mol. The summed E-state index contributed by atoms with van der Waals surface area (Å²) in [4.78, 5) is 27.0. The molecule has 1 aliphatic rings. The number of fused-ring (bicyclic) bond motifs is 1. The van der Waals surface area contributed by atoms with E-state index in [0.717, 1.165) is 16.7 Å². The zero-order valence-electron chi connectivity index (χ0n) is 10.8. The lowest BCUT2D eigenvalue weighted by molar-refractivity contribution is 0.0444. The number of nitrogen functional groups attached to an aromatic ring is 1. The average molecular weight is 268 g/mol. The standard InChI is InChI=1S/C15H12N2O3/c1-8-4-13(16)17-7-10(8)5-9-2-3-11-12(6-9)15(19)20-14(11)18/h2-4,6-7H,5H2,1H3,(H2,16,17). The Balaban J connectivity index is 1.95. The van der Waals surface area contributed by atoms with Gasteiger partial charge in [0.25, 0.3) is 0 Å². The van der Waals surface area contributed by atoms with Crippen molar-refractivity contribution in [2.75, 3.05) is 5.73 Å². The van der Waals surface area contributed by atoms with Crippen LogP contribution in [0.1, 0.15) is 37.4 Å². The number of anilines is 1. The molecule has 100 valence electrons. The van der Waals surface area contributed by atoms with Crippen molar-refractivity contribution < 1.29 is 14.3 Å². The van der Waals surface area contributed by atoms with Gasteiger partial charge in [-0.05, 0) is 48.2 Å². The zero-order valence-corrected chi connectivity index (χ0v) is 10.8. The SMILES string of the molecule is Cc1cc(N)ncc1Cc1ccc2c(c1)C(=O)OC2=O. The van der Waals surface area contributed by atoms with E-state index in [4.69, 9.17) is 5.73 Å². The summed E-state index contributed by atoms with van der Waals surface area (Å²) in [6.07, 6.45) is 2.34. The number of aryl methyl sites for hydroxylation is 1. The van der Waals surface area contributed by atoms with Crippen LogP contribution in [0, 0.1) is 6.92 Å². The molecule has 1 aliphatic heterocycles. The summed E-state index contributed by atoms with van der Waals surface area (Å²) in [5, 5.41) is 0. The maximum Gasteiger partial charge on any atom is 0.346 e. The summed E-state index contributed by atoms with van der Waals surface area (Å²) in [6, 6.07) is 6.94. The van der Waals surface area contributed by atoms with Crippen molar-refractivity contribution in [3.8, 4) is 0 Å². The number of carbonyl (C=O) groups excluding carboxylic acids is 2. The Morgan fingerprint density at radius 1 is 1.15 bits per heavy atom. The summed E-state index contributed by atoms with van der Waals surface area (Å²) in [5.74, 6) is -0.685. The monoisotopic (exact) mass is 268 g/mol. The van der Waals surface area contributed by atoms with Gasteiger partial charge >= 0.3 is 11.9 Å². The van der Waals surface area contributed by atoms with Gasteiger partial charge < -0.3 is 10.5 Å². The van der Waals surface area contributed by atoms with Crippen molar-refractivity contribution in [1.82, 2.24) is 4.98 Å². The van der Waals surface area contributed by atoms with Crippen molar-refractivity contribution in [1.29, 1.82) is 0 Å². The lowest BCUT2D eigenvalue weighted by atomic mass is 9.99. The fourth-order valence-electron chi connectivity index (χ4n) is 2.25. The molecule has 5 nitrogen and oxygen atoms in total. The van der Waals surface area contributed by atoms with Gasteiger partial charge in [-0.2, -0.15) is 0 Å². The number of aromatic nitrogens is 1. The van der Waals surface area contributed by atoms with E-state index in [2.05, 4.69) is 9.72 Å². The number of cyclic esters (lactones) is 2. The van der Waals surface area contributed by atoms with Crippen LogP contribution >= 0.6 is 0 Å². The number of benzene rings is 1. The number of nitrogens with zero attached hydrogens (tertiary/aromatic N) is 1. The van der Waals surface area contributed by atoms with Gasteiger partial charge in [-0.25, -0.2) is 14.6 Å². The normalized spacial score (nSPS) is 13.2. The third kappa shape index (κ3) is 2.03. The van der Waals surface area contributed by atoms with E-state index in [0.29, 0.717) is 23.4 Å². The van der Waals surface area contributed by atoms with Gasteiger partial charge in [0, 0.05) is 6.20 Å². The lowest BCUT2D eigenvalue weighted by Crippen LogP contribution is -1.99. The molecule has 0 saturated heterocycles. The molecule has 0 saturated carbocycles. The second kappa shape index (κ2) is 4.45. The molecule has 2 N–H and O–H groups in total. The van der Waals surface area contributed by atoms with Gasteiger partial charge in [0.15, 0.2) is 0 Å². The summed E-state index contributed by atoms with van der Waals surface area (Å²) < 4.78 is 4.57. The second-order valence-electron chi connectivity index (χ2n) is 4.77. The number of rotatable bonds is 2. The molecule has 1 aromatic heterocycles. The van der Waals surface area contributed by atoms with Crippen molar-refractivity contribution in [2.24, 2.45) is 0 Å². The molecule has 3 rings (SSSR count). The molecule has 0 amide bonds. The molecule has 2 heterocycles. The van der Waals surface area contributed by atoms with E-state index in [1.54, 1.807) is 24.4 Å². The van der Waals surface area contributed by atoms with Crippen LogP contribution in [0.15, 0.2) is 30.5 Å². The summed E-state index contributed by atoms with van der Waals surface area (Å²) in [7, 11) is 0. The first-order valence-electron chi connectivity index (χ1n) is 6.15. The molecule has 0 fully saturated rings. The van der Waals surface area contributed by atoms with E-state index >= 15 is 0 Å². The number of esters is 2. The molecule has 20 heavy (non-hydrogen) atoms. The van der Waals surface area contributed by atoms with Gasteiger partial charge in [-0.1, -0.05) is 6.07 Å².